The molecule has 0 unspecified atom stereocenters. The summed E-state index contributed by atoms with van der Waals surface area (Å²) in [6, 6.07) is 5.96. The molecule has 0 fully saturated rings. The highest BCUT2D eigenvalue weighted by Gasteiger charge is 2.11. The lowest BCUT2D eigenvalue weighted by atomic mass is 10.3. The van der Waals surface area contributed by atoms with Crippen molar-refractivity contribution in [3.8, 4) is 10.6 Å². The fraction of sp³-hybridized carbons (Fsp3) is 0.250. The Bertz CT molecular complexity index is 689. The smallest absolute Gasteiger partial charge is 0.191 e. The molecule has 0 spiro atoms. The van der Waals surface area contributed by atoms with Crippen LogP contribution in [0.3, 0.4) is 0 Å². The van der Waals surface area contributed by atoms with Crippen molar-refractivity contribution in [2.45, 2.75) is 17.5 Å². The van der Waals surface area contributed by atoms with Crippen molar-refractivity contribution in [3.63, 3.8) is 0 Å². The molecule has 0 saturated heterocycles. The number of hydrogen-bond donors (Lipinski definition) is 1. The van der Waals surface area contributed by atoms with Gasteiger partial charge in [0.25, 0.3) is 0 Å². The summed E-state index contributed by atoms with van der Waals surface area (Å²) < 4.78 is 7.23. The summed E-state index contributed by atoms with van der Waals surface area (Å²) >= 11 is 3.19. The van der Waals surface area contributed by atoms with Gasteiger partial charge in [-0.05, 0) is 11.4 Å². The van der Waals surface area contributed by atoms with Crippen molar-refractivity contribution in [3.05, 3.63) is 35.1 Å². The fourth-order valence-electron chi connectivity index (χ4n) is 1.70. The highest BCUT2D eigenvalue weighted by atomic mass is 32.2. The standard InChI is InChI=1S/C12H13N5OS2/c1-17-11(6-13)14-15-12(17)20-7-8-5-9(18-16-8)10-3-2-4-19-10/h2-5H,6-7,13H2,1H3. The van der Waals surface area contributed by atoms with Crippen molar-refractivity contribution in [2.24, 2.45) is 12.8 Å². The number of rotatable bonds is 5. The molecule has 0 bridgehead atoms. The van der Waals surface area contributed by atoms with Crippen LogP contribution < -0.4 is 5.73 Å². The Morgan fingerprint density at radius 1 is 1.45 bits per heavy atom. The molecule has 0 aromatic carbocycles. The largest absolute Gasteiger partial charge is 0.355 e. The van der Waals surface area contributed by atoms with Gasteiger partial charge in [0.1, 0.15) is 5.82 Å². The zero-order chi connectivity index (χ0) is 13.9. The minimum Gasteiger partial charge on any atom is -0.355 e. The molecule has 3 heterocycles. The highest BCUT2D eigenvalue weighted by molar-refractivity contribution is 7.98. The van der Waals surface area contributed by atoms with E-state index < -0.39 is 0 Å². The van der Waals surface area contributed by atoms with Gasteiger partial charge in [0.15, 0.2) is 10.9 Å². The Hall–Kier alpha value is -1.64. The Kier molecular flexibility index (Phi) is 3.86. The van der Waals surface area contributed by atoms with Crippen molar-refractivity contribution >= 4 is 23.1 Å². The number of thioether (sulfide) groups is 1. The molecule has 3 aromatic rings. The maximum atomic E-state index is 5.57. The monoisotopic (exact) mass is 307 g/mol. The van der Waals surface area contributed by atoms with E-state index in [2.05, 4.69) is 15.4 Å². The van der Waals surface area contributed by atoms with E-state index in [0.717, 1.165) is 27.3 Å². The SMILES string of the molecule is Cn1c(CN)nnc1SCc1cc(-c2cccs2)on1. The van der Waals surface area contributed by atoms with Crippen LogP contribution in [0.15, 0.2) is 33.3 Å². The van der Waals surface area contributed by atoms with E-state index >= 15 is 0 Å². The lowest BCUT2D eigenvalue weighted by Crippen LogP contribution is -2.05. The molecular weight excluding hydrogens is 294 g/mol. The van der Waals surface area contributed by atoms with Gasteiger partial charge in [-0.15, -0.1) is 21.5 Å². The van der Waals surface area contributed by atoms with Gasteiger partial charge < -0.3 is 14.8 Å². The van der Waals surface area contributed by atoms with Gasteiger partial charge in [0.2, 0.25) is 0 Å². The summed E-state index contributed by atoms with van der Waals surface area (Å²) in [6.45, 7) is 0.385. The van der Waals surface area contributed by atoms with Crippen molar-refractivity contribution < 1.29 is 4.52 Å². The first-order valence-corrected chi connectivity index (χ1v) is 7.85. The summed E-state index contributed by atoms with van der Waals surface area (Å²) in [5.74, 6) is 2.26. The molecule has 8 heteroatoms. The predicted molar refractivity (Wildman–Crippen MR) is 78.3 cm³/mol. The van der Waals surface area contributed by atoms with E-state index in [9.17, 15) is 0 Å². The fourth-order valence-corrected chi connectivity index (χ4v) is 3.19. The average molecular weight is 307 g/mol. The summed E-state index contributed by atoms with van der Waals surface area (Å²) in [6.07, 6.45) is 0. The first kappa shape index (κ1) is 13.3. The number of hydrogen-bond acceptors (Lipinski definition) is 7. The highest BCUT2D eigenvalue weighted by Crippen LogP contribution is 2.27. The quantitative estimate of drug-likeness (QED) is 0.728. The maximum Gasteiger partial charge on any atom is 0.191 e. The summed E-state index contributed by atoms with van der Waals surface area (Å²) in [7, 11) is 1.91. The summed E-state index contributed by atoms with van der Waals surface area (Å²) in [5.41, 5.74) is 6.45. The molecule has 0 aliphatic carbocycles. The topological polar surface area (TPSA) is 82.8 Å². The molecule has 104 valence electrons. The third-order valence-corrected chi connectivity index (χ3v) is 4.72. The van der Waals surface area contributed by atoms with Gasteiger partial charge in [0.05, 0.1) is 17.1 Å². The molecule has 0 amide bonds. The molecular formula is C12H13N5OS2. The van der Waals surface area contributed by atoms with Gasteiger partial charge >= 0.3 is 0 Å². The average Bonchev–Trinajstić information content (AvgIpc) is 3.17. The van der Waals surface area contributed by atoms with E-state index in [0.29, 0.717) is 12.3 Å². The second-order valence-electron chi connectivity index (χ2n) is 4.11. The van der Waals surface area contributed by atoms with Crippen LogP contribution in [0.25, 0.3) is 10.6 Å². The summed E-state index contributed by atoms with van der Waals surface area (Å²) in [5, 5.41) is 15.0. The van der Waals surface area contributed by atoms with Crippen LogP contribution in [0, 0.1) is 0 Å². The van der Waals surface area contributed by atoms with Crippen molar-refractivity contribution in [2.75, 3.05) is 0 Å². The molecule has 0 aliphatic rings. The van der Waals surface area contributed by atoms with Gasteiger partial charge in [0, 0.05) is 18.9 Å². The van der Waals surface area contributed by atoms with Gasteiger partial charge in [-0.3, -0.25) is 0 Å². The van der Waals surface area contributed by atoms with E-state index in [1.165, 1.54) is 0 Å². The maximum absolute atomic E-state index is 5.57. The predicted octanol–water partition coefficient (Wildman–Crippen LogP) is 2.28. The zero-order valence-electron chi connectivity index (χ0n) is 10.8. The van der Waals surface area contributed by atoms with E-state index in [4.69, 9.17) is 10.3 Å². The van der Waals surface area contributed by atoms with E-state index in [1.807, 2.05) is 35.2 Å². The van der Waals surface area contributed by atoms with E-state index in [1.54, 1.807) is 23.1 Å². The van der Waals surface area contributed by atoms with Crippen LogP contribution in [0.5, 0.6) is 0 Å². The Morgan fingerprint density at radius 2 is 2.35 bits per heavy atom. The molecule has 6 nitrogen and oxygen atoms in total. The lowest BCUT2D eigenvalue weighted by molar-refractivity contribution is 0.427. The normalized spacial score (nSPS) is 11.1. The first-order valence-electron chi connectivity index (χ1n) is 5.98. The second kappa shape index (κ2) is 5.78. The number of aromatic nitrogens is 4. The second-order valence-corrected chi connectivity index (χ2v) is 6.00. The molecule has 3 rings (SSSR count). The Morgan fingerprint density at radius 3 is 3.05 bits per heavy atom. The van der Waals surface area contributed by atoms with Crippen molar-refractivity contribution in [1.82, 2.24) is 19.9 Å². The first-order chi connectivity index (χ1) is 9.78. The third-order valence-electron chi connectivity index (χ3n) is 2.78. The van der Waals surface area contributed by atoms with E-state index in [-0.39, 0.29) is 0 Å². The van der Waals surface area contributed by atoms with Crippen LogP contribution in [-0.4, -0.2) is 19.9 Å². The molecule has 20 heavy (non-hydrogen) atoms. The van der Waals surface area contributed by atoms with Crippen LogP contribution in [0.4, 0.5) is 0 Å². The Balaban J connectivity index is 1.68. The lowest BCUT2D eigenvalue weighted by Gasteiger charge is -1.99. The molecule has 2 N–H and O–H groups in total. The molecule has 3 aromatic heterocycles. The Labute approximate surface area is 124 Å². The van der Waals surface area contributed by atoms with Crippen molar-refractivity contribution in [1.29, 1.82) is 0 Å². The number of nitrogens with zero attached hydrogens (tertiary/aromatic N) is 4. The number of thiophene rings is 1. The summed E-state index contributed by atoms with van der Waals surface area (Å²) in [4.78, 5) is 1.08. The zero-order valence-corrected chi connectivity index (χ0v) is 12.4. The van der Waals surface area contributed by atoms with Gasteiger partial charge in [-0.25, -0.2) is 0 Å². The molecule has 0 atom stereocenters. The van der Waals surface area contributed by atoms with Gasteiger partial charge in [-0.2, -0.15) is 0 Å². The van der Waals surface area contributed by atoms with Crippen LogP contribution >= 0.6 is 23.1 Å². The molecule has 0 radical (unpaired) electrons. The van der Waals surface area contributed by atoms with Crippen LogP contribution in [0.2, 0.25) is 0 Å². The van der Waals surface area contributed by atoms with Crippen LogP contribution in [0.1, 0.15) is 11.5 Å². The minimum absolute atomic E-state index is 0.385. The molecule has 0 aliphatic heterocycles. The minimum atomic E-state index is 0.385. The van der Waals surface area contributed by atoms with Gasteiger partial charge in [-0.1, -0.05) is 23.0 Å². The molecule has 0 saturated carbocycles. The number of nitrogens with two attached hydrogens (primary N) is 1. The van der Waals surface area contributed by atoms with Crippen LogP contribution in [-0.2, 0) is 19.3 Å². The third kappa shape index (κ3) is 2.62.